The molecule has 2 atom stereocenters. The lowest BCUT2D eigenvalue weighted by Gasteiger charge is -2.14. The first-order chi connectivity index (χ1) is 7.49. The molecule has 88 valence electrons. The van der Waals surface area contributed by atoms with E-state index in [-0.39, 0.29) is 22.9 Å². The maximum atomic E-state index is 11.7. The minimum absolute atomic E-state index is 0.00641. The Morgan fingerprint density at radius 1 is 1.50 bits per heavy atom. The van der Waals surface area contributed by atoms with Gasteiger partial charge in [0.1, 0.15) is 0 Å². The average Bonchev–Trinajstić information content (AvgIpc) is 2.16. The van der Waals surface area contributed by atoms with Gasteiger partial charge in [-0.2, -0.15) is 0 Å². The molecule has 0 saturated carbocycles. The third-order valence-electron chi connectivity index (χ3n) is 2.10. The molecule has 0 fully saturated rings. The lowest BCUT2D eigenvalue weighted by atomic mass is 10.2. The number of amides is 1. The number of hydrogen-bond acceptors (Lipinski definition) is 2. The van der Waals surface area contributed by atoms with E-state index in [1.54, 1.807) is 0 Å². The maximum Gasteiger partial charge on any atom is 0.252 e. The van der Waals surface area contributed by atoms with E-state index in [1.807, 2.05) is 13.8 Å². The second-order valence-corrected chi connectivity index (χ2v) is 4.58. The largest absolute Gasteiger partial charge is 0.349 e. The van der Waals surface area contributed by atoms with E-state index < -0.39 is 0 Å². The van der Waals surface area contributed by atoms with Gasteiger partial charge in [-0.1, -0.05) is 0 Å². The second kappa shape index (κ2) is 5.70. The minimum Gasteiger partial charge on any atom is -0.349 e. The van der Waals surface area contributed by atoms with Crippen molar-refractivity contribution < 1.29 is 4.79 Å². The zero-order chi connectivity index (χ0) is 12.1. The van der Waals surface area contributed by atoms with Gasteiger partial charge in [0.2, 0.25) is 5.56 Å². The van der Waals surface area contributed by atoms with Gasteiger partial charge < -0.3 is 10.3 Å². The van der Waals surface area contributed by atoms with Crippen molar-refractivity contribution in [2.24, 2.45) is 0 Å². The number of aromatic amines is 1. The van der Waals surface area contributed by atoms with Crippen LogP contribution in [0.5, 0.6) is 0 Å². The first kappa shape index (κ1) is 12.8. The number of hydrogen-bond donors (Lipinski definition) is 2. The molecule has 0 saturated heterocycles. The molecule has 0 spiro atoms. The molecule has 0 aliphatic carbocycles. The zero-order valence-electron chi connectivity index (χ0n) is 9.29. The van der Waals surface area contributed by atoms with Crippen LogP contribution < -0.4 is 10.9 Å². The summed E-state index contributed by atoms with van der Waals surface area (Å²) in [6.45, 7) is 3.77. The molecule has 4 nitrogen and oxygen atoms in total. The number of aromatic nitrogens is 1. The van der Waals surface area contributed by atoms with Crippen molar-refractivity contribution in [1.29, 1.82) is 0 Å². The summed E-state index contributed by atoms with van der Waals surface area (Å²) in [6.07, 6.45) is 2.10. The monoisotopic (exact) mass is 242 g/mol. The lowest BCUT2D eigenvalue weighted by molar-refractivity contribution is 0.0938. The summed E-state index contributed by atoms with van der Waals surface area (Å²) in [5.74, 6) is -0.207. The molecule has 1 rings (SSSR count). The van der Waals surface area contributed by atoms with Crippen LogP contribution in [0.4, 0.5) is 0 Å². The summed E-state index contributed by atoms with van der Waals surface area (Å²) in [7, 11) is 0. The molecule has 1 heterocycles. The first-order valence-corrected chi connectivity index (χ1v) is 5.56. The van der Waals surface area contributed by atoms with E-state index in [4.69, 9.17) is 11.6 Å². The van der Waals surface area contributed by atoms with Gasteiger partial charge in [-0.25, -0.2) is 0 Å². The van der Waals surface area contributed by atoms with Crippen LogP contribution in [0.25, 0.3) is 0 Å². The number of carbonyl (C=O) groups excluding carboxylic acids is 1. The van der Waals surface area contributed by atoms with Gasteiger partial charge >= 0.3 is 0 Å². The standard InChI is InChI=1S/C11H15ClN2O2/c1-7(12)5-8(2)14-11(16)9-3-4-10(15)13-6-9/h3-4,6-8H,5H2,1-2H3,(H,13,15)(H,14,16). The molecule has 0 aliphatic rings. The molecular formula is C11H15ClN2O2. The SMILES string of the molecule is CC(Cl)CC(C)NC(=O)c1ccc(=O)[nH]c1. The van der Waals surface area contributed by atoms with Gasteiger partial charge in [-0.3, -0.25) is 9.59 Å². The predicted molar refractivity (Wildman–Crippen MR) is 63.9 cm³/mol. The Kier molecular flexibility index (Phi) is 4.55. The number of alkyl halides is 1. The van der Waals surface area contributed by atoms with E-state index in [0.717, 1.165) is 0 Å². The van der Waals surface area contributed by atoms with Crippen LogP contribution in [-0.4, -0.2) is 22.3 Å². The summed E-state index contributed by atoms with van der Waals surface area (Å²) >= 11 is 5.82. The van der Waals surface area contributed by atoms with E-state index in [1.165, 1.54) is 18.3 Å². The fraction of sp³-hybridized carbons (Fsp3) is 0.455. The summed E-state index contributed by atoms with van der Waals surface area (Å²) in [6, 6.07) is 2.82. The van der Waals surface area contributed by atoms with Crippen molar-refractivity contribution in [3.05, 3.63) is 34.2 Å². The number of rotatable bonds is 4. The molecule has 1 amide bonds. The third kappa shape index (κ3) is 4.06. The molecule has 5 heteroatoms. The number of nitrogens with one attached hydrogen (secondary N) is 2. The predicted octanol–water partition coefficient (Wildman–Crippen LogP) is 1.51. The zero-order valence-corrected chi connectivity index (χ0v) is 10.0. The second-order valence-electron chi connectivity index (χ2n) is 3.83. The van der Waals surface area contributed by atoms with Crippen LogP contribution in [0, 0.1) is 0 Å². The van der Waals surface area contributed by atoms with Crippen LogP contribution in [0.3, 0.4) is 0 Å². The molecule has 0 aliphatic heterocycles. The van der Waals surface area contributed by atoms with E-state index in [9.17, 15) is 9.59 Å². The normalized spacial score (nSPS) is 14.2. The highest BCUT2D eigenvalue weighted by Gasteiger charge is 2.11. The summed E-state index contributed by atoms with van der Waals surface area (Å²) < 4.78 is 0. The van der Waals surface area contributed by atoms with E-state index >= 15 is 0 Å². The average molecular weight is 243 g/mol. The van der Waals surface area contributed by atoms with Crippen LogP contribution in [-0.2, 0) is 0 Å². The van der Waals surface area contributed by atoms with Crippen LogP contribution in [0.15, 0.2) is 23.1 Å². The number of carbonyl (C=O) groups is 1. The Balaban J connectivity index is 2.58. The Bertz CT molecular complexity index is 394. The smallest absolute Gasteiger partial charge is 0.252 e. The van der Waals surface area contributed by atoms with E-state index in [2.05, 4.69) is 10.3 Å². The summed E-state index contributed by atoms with van der Waals surface area (Å²) in [5, 5.41) is 2.82. The molecule has 2 N–H and O–H groups in total. The molecule has 1 aromatic rings. The highest BCUT2D eigenvalue weighted by atomic mass is 35.5. The minimum atomic E-state index is -0.223. The van der Waals surface area contributed by atoms with Gasteiger partial charge in [-0.05, 0) is 26.3 Å². The van der Waals surface area contributed by atoms with Gasteiger partial charge in [-0.15, -0.1) is 11.6 Å². The van der Waals surface area contributed by atoms with Crippen LogP contribution >= 0.6 is 11.6 Å². The van der Waals surface area contributed by atoms with Crippen LogP contribution in [0.1, 0.15) is 30.6 Å². The lowest BCUT2D eigenvalue weighted by Crippen LogP contribution is -2.34. The van der Waals surface area contributed by atoms with Gasteiger partial charge in [0, 0.05) is 23.7 Å². The van der Waals surface area contributed by atoms with Crippen LogP contribution in [0.2, 0.25) is 0 Å². The van der Waals surface area contributed by atoms with Gasteiger partial charge in [0.05, 0.1) is 5.56 Å². The van der Waals surface area contributed by atoms with Crippen molar-refractivity contribution in [2.75, 3.05) is 0 Å². The third-order valence-corrected chi connectivity index (χ3v) is 2.28. The highest BCUT2D eigenvalue weighted by Crippen LogP contribution is 2.05. The van der Waals surface area contributed by atoms with Crippen molar-refractivity contribution in [3.8, 4) is 0 Å². The number of halogens is 1. The number of H-pyrrole nitrogens is 1. The van der Waals surface area contributed by atoms with E-state index in [0.29, 0.717) is 12.0 Å². The Labute approximate surface area is 99.0 Å². The van der Waals surface area contributed by atoms with Crippen molar-refractivity contribution in [3.63, 3.8) is 0 Å². The van der Waals surface area contributed by atoms with Crippen molar-refractivity contribution in [2.45, 2.75) is 31.7 Å². The molecule has 2 unspecified atom stereocenters. The molecular weight excluding hydrogens is 228 g/mol. The van der Waals surface area contributed by atoms with Gasteiger partial charge in [0.25, 0.3) is 5.91 Å². The number of pyridine rings is 1. The molecule has 0 radical (unpaired) electrons. The highest BCUT2D eigenvalue weighted by molar-refractivity contribution is 6.20. The van der Waals surface area contributed by atoms with Crippen molar-refractivity contribution in [1.82, 2.24) is 10.3 Å². The van der Waals surface area contributed by atoms with Crippen molar-refractivity contribution >= 4 is 17.5 Å². The Morgan fingerprint density at radius 3 is 2.69 bits per heavy atom. The first-order valence-electron chi connectivity index (χ1n) is 5.12. The molecule has 0 aromatic carbocycles. The summed E-state index contributed by atoms with van der Waals surface area (Å²) in [5.41, 5.74) is 0.215. The topological polar surface area (TPSA) is 62.0 Å². The van der Waals surface area contributed by atoms with Gasteiger partial charge in [0.15, 0.2) is 0 Å². The Morgan fingerprint density at radius 2 is 2.19 bits per heavy atom. The maximum absolute atomic E-state index is 11.7. The quantitative estimate of drug-likeness (QED) is 0.787. The molecule has 1 aromatic heterocycles. The Hall–Kier alpha value is -1.29. The molecule has 0 bridgehead atoms. The molecule has 16 heavy (non-hydrogen) atoms. The summed E-state index contributed by atoms with van der Waals surface area (Å²) in [4.78, 5) is 24.9. The fourth-order valence-corrected chi connectivity index (χ4v) is 1.67. The fourth-order valence-electron chi connectivity index (χ4n) is 1.41.